The average molecular weight is 352 g/mol. The zero-order valence-corrected chi connectivity index (χ0v) is 12.3. The van der Waals surface area contributed by atoms with Gasteiger partial charge in [0.05, 0.1) is 15.6 Å². The van der Waals surface area contributed by atoms with E-state index in [1.54, 1.807) is 12.1 Å². The Morgan fingerprint density at radius 1 is 1.35 bits per heavy atom. The summed E-state index contributed by atoms with van der Waals surface area (Å²) in [6.07, 6.45) is 0. The van der Waals surface area contributed by atoms with Gasteiger partial charge in [-0.3, -0.25) is 0 Å². The van der Waals surface area contributed by atoms with Gasteiger partial charge in [0.25, 0.3) is 0 Å². The van der Waals surface area contributed by atoms with Crippen LogP contribution in [0, 0.1) is 17.1 Å². The first-order chi connectivity index (χ1) is 9.52. The first kappa shape index (κ1) is 14.6. The average Bonchev–Trinajstić information content (AvgIpc) is 2.44. The summed E-state index contributed by atoms with van der Waals surface area (Å²) in [6, 6.07) is 11.1. The molecule has 100 valence electrons. The molecule has 0 saturated heterocycles. The molecule has 1 N–H and O–H groups in total. The molecule has 0 bridgehead atoms. The summed E-state index contributed by atoms with van der Waals surface area (Å²) in [4.78, 5) is 11.8. The number of rotatable bonds is 3. The molecule has 0 atom stereocenters. The summed E-state index contributed by atoms with van der Waals surface area (Å²) in [5.74, 6) is -1.57. The second-order valence-electron chi connectivity index (χ2n) is 3.79. The highest BCUT2D eigenvalue weighted by molar-refractivity contribution is 9.10. The van der Waals surface area contributed by atoms with Crippen molar-refractivity contribution < 1.29 is 14.3 Å². The number of hydrogen-bond acceptors (Lipinski definition) is 3. The van der Waals surface area contributed by atoms with Crippen molar-refractivity contribution in [1.29, 1.82) is 5.26 Å². The van der Waals surface area contributed by atoms with Crippen molar-refractivity contribution >= 4 is 33.7 Å². The molecule has 0 fully saturated rings. The Morgan fingerprint density at radius 2 is 2.10 bits per heavy atom. The fraction of sp³-hybridized carbons (Fsp3) is 0. The third-order valence-corrected chi connectivity index (χ3v) is 4.28. The van der Waals surface area contributed by atoms with E-state index in [1.807, 2.05) is 6.07 Å². The van der Waals surface area contributed by atoms with E-state index in [9.17, 15) is 9.18 Å². The monoisotopic (exact) mass is 351 g/mol. The van der Waals surface area contributed by atoms with Crippen molar-refractivity contribution in [2.75, 3.05) is 0 Å². The number of carbonyl (C=O) groups is 1. The molecule has 0 saturated carbocycles. The van der Waals surface area contributed by atoms with Gasteiger partial charge in [-0.15, -0.1) is 0 Å². The van der Waals surface area contributed by atoms with Gasteiger partial charge in [-0.1, -0.05) is 17.8 Å². The standard InChI is InChI=1S/C14H7BrFNO2S/c15-12-9(7-17)4-5-11(13(12)16)20-10-3-1-2-8(6-10)14(18)19/h1-6H,(H,18,19). The zero-order chi connectivity index (χ0) is 14.7. The van der Waals surface area contributed by atoms with E-state index in [0.717, 1.165) is 11.8 Å². The van der Waals surface area contributed by atoms with Crippen molar-refractivity contribution in [1.82, 2.24) is 0 Å². The van der Waals surface area contributed by atoms with Crippen LogP contribution in [0.3, 0.4) is 0 Å². The van der Waals surface area contributed by atoms with Gasteiger partial charge in [0.2, 0.25) is 0 Å². The molecular formula is C14H7BrFNO2S. The quantitative estimate of drug-likeness (QED) is 0.894. The fourth-order valence-corrected chi connectivity index (χ4v) is 3.00. The Kier molecular flexibility index (Phi) is 4.42. The second-order valence-corrected chi connectivity index (χ2v) is 5.69. The van der Waals surface area contributed by atoms with Gasteiger partial charge in [-0.05, 0) is 46.3 Å². The fourth-order valence-electron chi connectivity index (χ4n) is 1.52. The number of aromatic carboxylic acids is 1. The molecule has 0 aliphatic heterocycles. The molecular weight excluding hydrogens is 345 g/mol. The molecule has 0 amide bonds. The molecule has 0 spiro atoms. The summed E-state index contributed by atoms with van der Waals surface area (Å²) < 4.78 is 14.2. The van der Waals surface area contributed by atoms with Crippen LogP contribution in [-0.2, 0) is 0 Å². The van der Waals surface area contributed by atoms with Crippen molar-refractivity contribution in [3.8, 4) is 6.07 Å². The van der Waals surface area contributed by atoms with E-state index < -0.39 is 11.8 Å². The Balaban J connectivity index is 2.36. The Morgan fingerprint density at radius 3 is 2.75 bits per heavy atom. The van der Waals surface area contributed by atoms with Gasteiger partial charge in [-0.25, -0.2) is 9.18 Å². The number of nitrogens with zero attached hydrogens (tertiary/aromatic N) is 1. The van der Waals surface area contributed by atoms with Crippen LogP contribution < -0.4 is 0 Å². The largest absolute Gasteiger partial charge is 0.478 e. The molecule has 0 heterocycles. The van der Waals surface area contributed by atoms with E-state index in [1.165, 1.54) is 24.3 Å². The molecule has 2 rings (SSSR count). The van der Waals surface area contributed by atoms with E-state index in [0.29, 0.717) is 9.79 Å². The topological polar surface area (TPSA) is 61.1 Å². The number of benzene rings is 2. The molecule has 20 heavy (non-hydrogen) atoms. The highest BCUT2D eigenvalue weighted by atomic mass is 79.9. The molecule has 6 heteroatoms. The Bertz CT molecular complexity index is 728. The Hall–Kier alpha value is -1.84. The van der Waals surface area contributed by atoms with Gasteiger partial charge < -0.3 is 5.11 Å². The predicted molar refractivity (Wildman–Crippen MR) is 76.3 cm³/mol. The van der Waals surface area contributed by atoms with Gasteiger partial charge in [0.1, 0.15) is 6.07 Å². The van der Waals surface area contributed by atoms with Crippen LogP contribution >= 0.6 is 27.7 Å². The van der Waals surface area contributed by atoms with Gasteiger partial charge in [-0.2, -0.15) is 5.26 Å². The van der Waals surface area contributed by atoms with Crippen LogP contribution in [0.25, 0.3) is 0 Å². The molecule has 3 nitrogen and oxygen atoms in total. The highest BCUT2D eigenvalue weighted by Gasteiger charge is 2.13. The molecule has 2 aromatic rings. The van der Waals surface area contributed by atoms with Gasteiger partial charge >= 0.3 is 5.97 Å². The van der Waals surface area contributed by atoms with Crippen LogP contribution in [0.15, 0.2) is 50.7 Å². The van der Waals surface area contributed by atoms with Crippen molar-refractivity contribution in [3.05, 3.63) is 57.8 Å². The van der Waals surface area contributed by atoms with E-state index in [-0.39, 0.29) is 15.6 Å². The smallest absolute Gasteiger partial charge is 0.335 e. The number of hydrogen-bond donors (Lipinski definition) is 1. The minimum absolute atomic E-state index is 0.111. The van der Waals surface area contributed by atoms with Crippen LogP contribution in [0.2, 0.25) is 0 Å². The number of nitriles is 1. The lowest BCUT2D eigenvalue weighted by atomic mass is 10.2. The third-order valence-electron chi connectivity index (χ3n) is 2.48. The summed E-state index contributed by atoms with van der Waals surface area (Å²) in [5, 5.41) is 17.7. The van der Waals surface area contributed by atoms with Crippen LogP contribution in [0.5, 0.6) is 0 Å². The minimum atomic E-state index is -1.03. The molecule has 0 aromatic heterocycles. The third kappa shape index (κ3) is 3.00. The van der Waals surface area contributed by atoms with Crippen molar-refractivity contribution in [2.45, 2.75) is 9.79 Å². The Labute approximate surface area is 127 Å². The number of halogens is 2. The molecule has 0 aliphatic carbocycles. The number of carboxylic acid groups (broad SMARTS) is 1. The maximum Gasteiger partial charge on any atom is 0.335 e. The van der Waals surface area contributed by atoms with Gasteiger partial charge in [0.15, 0.2) is 5.82 Å². The maximum atomic E-state index is 14.1. The van der Waals surface area contributed by atoms with Crippen LogP contribution in [0.1, 0.15) is 15.9 Å². The lowest BCUT2D eigenvalue weighted by Gasteiger charge is -2.06. The maximum absolute atomic E-state index is 14.1. The van der Waals surface area contributed by atoms with Crippen LogP contribution in [-0.4, -0.2) is 11.1 Å². The molecule has 2 aromatic carbocycles. The molecule has 0 unspecified atom stereocenters. The molecule has 0 aliphatic rings. The lowest BCUT2D eigenvalue weighted by Crippen LogP contribution is -1.95. The lowest BCUT2D eigenvalue weighted by molar-refractivity contribution is 0.0696. The summed E-state index contributed by atoms with van der Waals surface area (Å²) in [5.41, 5.74) is 0.356. The van der Waals surface area contributed by atoms with Crippen LogP contribution in [0.4, 0.5) is 4.39 Å². The molecule has 0 radical (unpaired) electrons. The zero-order valence-electron chi connectivity index (χ0n) is 9.93. The van der Waals surface area contributed by atoms with E-state index >= 15 is 0 Å². The van der Waals surface area contributed by atoms with Gasteiger partial charge in [0, 0.05) is 9.79 Å². The normalized spacial score (nSPS) is 10.1. The van der Waals surface area contributed by atoms with Crippen molar-refractivity contribution in [2.24, 2.45) is 0 Å². The second kappa shape index (κ2) is 6.07. The first-order valence-electron chi connectivity index (χ1n) is 5.42. The summed E-state index contributed by atoms with van der Waals surface area (Å²) in [6.45, 7) is 0. The first-order valence-corrected chi connectivity index (χ1v) is 7.03. The highest BCUT2D eigenvalue weighted by Crippen LogP contribution is 2.34. The van der Waals surface area contributed by atoms with E-state index in [2.05, 4.69) is 15.9 Å². The minimum Gasteiger partial charge on any atom is -0.478 e. The number of carboxylic acids is 1. The van der Waals surface area contributed by atoms with E-state index in [4.69, 9.17) is 10.4 Å². The summed E-state index contributed by atoms with van der Waals surface area (Å²) >= 11 is 4.14. The SMILES string of the molecule is N#Cc1ccc(Sc2cccc(C(=O)O)c2)c(F)c1Br. The van der Waals surface area contributed by atoms with Crippen molar-refractivity contribution in [3.63, 3.8) is 0 Å². The summed E-state index contributed by atoms with van der Waals surface area (Å²) in [7, 11) is 0. The predicted octanol–water partition coefficient (Wildman–Crippen LogP) is 4.31.